The van der Waals surface area contributed by atoms with Gasteiger partial charge in [0.2, 0.25) is 6.79 Å². The van der Waals surface area contributed by atoms with Crippen LogP contribution < -0.4 is 9.47 Å². The van der Waals surface area contributed by atoms with Crippen LogP contribution in [0.25, 0.3) is 6.08 Å². The molecule has 0 saturated carbocycles. The fourth-order valence-electron chi connectivity index (χ4n) is 3.05. The largest absolute Gasteiger partial charge is 0.454 e. The number of para-hydroxylation sites is 1. The number of rotatable bonds is 4. The molecule has 138 valence electrons. The van der Waals surface area contributed by atoms with Gasteiger partial charge in [0.05, 0.1) is 10.6 Å². The Morgan fingerprint density at radius 3 is 2.78 bits per heavy atom. The van der Waals surface area contributed by atoms with Gasteiger partial charge in [0.1, 0.15) is 0 Å². The highest BCUT2D eigenvalue weighted by molar-refractivity contribution is 8.18. The quantitative estimate of drug-likeness (QED) is 0.728. The Morgan fingerprint density at radius 2 is 1.96 bits per heavy atom. The number of nitrogens with zero attached hydrogens (tertiary/aromatic N) is 2. The molecule has 6 heteroatoms. The van der Waals surface area contributed by atoms with Crippen molar-refractivity contribution in [1.82, 2.24) is 4.90 Å². The summed E-state index contributed by atoms with van der Waals surface area (Å²) in [5.74, 6) is 1.42. The highest BCUT2D eigenvalue weighted by atomic mass is 32.2. The van der Waals surface area contributed by atoms with Crippen LogP contribution in [0.1, 0.15) is 25.0 Å². The molecular weight excluding hydrogens is 360 g/mol. The molecule has 2 aromatic rings. The molecule has 1 amide bonds. The Balaban J connectivity index is 1.66. The standard InChI is InChI=1S/C21H20N2O3S/c1-3-15-7-5-6-8-16(15)22-21-23(4-2)20(24)19(27-21)12-14-9-10-17-18(11-14)26-13-25-17/h5-12H,3-4,13H2,1-2H3/b19-12+,22-21?. The summed E-state index contributed by atoms with van der Waals surface area (Å²) >= 11 is 1.41. The molecule has 1 saturated heterocycles. The minimum absolute atomic E-state index is 0.0205. The third kappa shape index (κ3) is 3.45. The van der Waals surface area contributed by atoms with Crippen LogP contribution in [0.4, 0.5) is 5.69 Å². The Kier molecular flexibility index (Phi) is 4.90. The molecule has 0 aromatic heterocycles. The van der Waals surface area contributed by atoms with Crippen molar-refractivity contribution in [3.05, 3.63) is 58.5 Å². The van der Waals surface area contributed by atoms with Crippen molar-refractivity contribution < 1.29 is 14.3 Å². The van der Waals surface area contributed by atoms with Gasteiger partial charge in [-0.15, -0.1) is 0 Å². The van der Waals surface area contributed by atoms with E-state index in [1.54, 1.807) is 4.90 Å². The van der Waals surface area contributed by atoms with E-state index in [9.17, 15) is 4.79 Å². The van der Waals surface area contributed by atoms with Crippen LogP contribution in [0, 0.1) is 0 Å². The van der Waals surface area contributed by atoms with Crippen molar-refractivity contribution in [2.75, 3.05) is 13.3 Å². The maximum absolute atomic E-state index is 12.8. The number of ether oxygens (including phenoxy) is 2. The van der Waals surface area contributed by atoms with E-state index >= 15 is 0 Å². The van der Waals surface area contributed by atoms with Crippen molar-refractivity contribution in [3.63, 3.8) is 0 Å². The van der Waals surface area contributed by atoms with Crippen LogP contribution in [0.2, 0.25) is 0 Å². The summed E-state index contributed by atoms with van der Waals surface area (Å²) in [5.41, 5.74) is 2.99. The van der Waals surface area contributed by atoms with Crippen molar-refractivity contribution in [2.24, 2.45) is 4.99 Å². The van der Waals surface area contributed by atoms with E-state index in [2.05, 4.69) is 13.0 Å². The third-order valence-electron chi connectivity index (χ3n) is 4.49. The molecule has 0 radical (unpaired) electrons. The number of hydrogen-bond acceptors (Lipinski definition) is 5. The van der Waals surface area contributed by atoms with E-state index in [4.69, 9.17) is 14.5 Å². The number of benzene rings is 2. The summed E-state index contributed by atoms with van der Waals surface area (Å²) in [6.45, 7) is 4.88. The molecule has 0 N–H and O–H groups in total. The average molecular weight is 380 g/mol. The van der Waals surface area contributed by atoms with Crippen LogP contribution in [-0.4, -0.2) is 29.3 Å². The highest BCUT2D eigenvalue weighted by Crippen LogP contribution is 2.37. The molecule has 4 rings (SSSR count). The minimum Gasteiger partial charge on any atom is -0.454 e. The predicted molar refractivity (Wildman–Crippen MR) is 108 cm³/mol. The van der Waals surface area contributed by atoms with E-state index in [0.29, 0.717) is 17.2 Å². The zero-order valence-corrected chi connectivity index (χ0v) is 16.1. The zero-order chi connectivity index (χ0) is 18.8. The maximum atomic E-state index is 12.8. The lowest BCUT2D eigenvalue weighted by molar-refractivity contribution is -0.122. The van der Waals surface area contributed by atoms with Gasteiger partial charge in [-0.1, -0.05) is 31.2 Å². The van der Waals surface area contributed by atoms with Gasteiger partial charge in [0.25, 0.3) is 5.91 Å². The Hall–Kier alpha value is -2.73. The maximum Gasteiger partial charge on any atom is 0.266 e. The van der Waals surface area contributed by atoms with Crippen LogP contribution in [0.5, 0.6) is 11.5 Å². The van der Waals surface area contributed by atoms with Crippen molar-refractivity contribution >= 4 is 34.6 Å². The number of carbonyl (C=O) groups is 1. The van der Waals surface area contributed by atoms with E-state index < -0.39 is 0 Å². The highest BCUT2D eigenvalue weighted by Gasteiger charge is 2.32. The Bertz CT molecular complexity index is 952. The molecule has 0 atom stereocenters. The molecule has 2 heterocycles. The van der Waals surface area contributed by atoms with Gasteiger partial charge >= 0.3 is 0 Å². The minimum atomic E-state index is -0.0205. The molecule has 0 unspecified atom stereocenters. The SMILES string of the molecule is CCc1ccccc1N=C1S/C(=C/c2ccc3c(c2)OCO3)C(=O)N1CC. The van der Waals surface area contributed by atoms with Gasteiger partial charge in [-0.25, -0.2) is 4.99 Å². The first-order valence-electron chi connectivity index (χ1n) is 8.97. The van der Waals surface area contributed by atoms with E-state index in [1.165, 1.54) is 17.3 Å². The summed E-state index contributed by atoms with van der Waals surface area (Å²) in [5, 5.41) is 0.718. The second-order valence-corrected chi connectivity index (χ2v) is 7.16. The van der Waals surface area contributed by atoms with Crippen LogP contribution in [-0.2, 0) is 11.2 Å². The second kappa shape index (κ2) is 7.48. The number of carbonyl (C=O) groups excluding carboxylic acids is 1. The number of fused-ring (bicyclic) bond motifs is 1. The fourth-order valence-corrected chi connectivity index (χ4v) is 4.10. The van der Waals surface area contributed by atoms with Crippen molar-refractivity contribution in [3.8, 4) is 11.5 Å². The molecule has 27 heavy (non-hydrogen) atoms. The van der Waals surface area contributed by atoms with Gasteiger partial charge in [-0.3, -0.25) is 9.69 Å². The smallest absolute Gasteiger partial charge is 0.266 e. The van der Waals surface area contributed by atoms with Gasteiger partial charge < -0.3 is 9.47 Å². The number of thioether (sulfide) groups is 1. The Labute approximate surface area is 162 Å². The molecule has 2 aliphatic rings. The van der Waals surface area contributed by atoms with E-state index in [-0.39, 0.29) is 12.7 Å². The first kappa shape index (κ1) is 17.7. The number of amidine groups is 1. The summed E-state index contributed by atoms with van der Waals surface area (Å²) in [6, 6.07) is 13.7. The van der Waals surface area contributed by atoms with E-state index in [0.717, 1.165) is 28.6 Å². The molecule has 2 aliphatic heterocycles. The molecule has 2 aromatic carbocycles. The molecule has 0 spiro atoms. The topological polar surface area (TPSA) is 51.1 Å². The number of likely N-dealkylation sites (N-methyl/N-ethyl adjacent to an activating group) is 1. The summed E-state index contributed by atoms with van der Waals surface area (Å²) in [6.07, 6.45) is 2.78. The molecular formula is C21H20N2O3S. The molecule has 1 fully saturated rings. The van der Waals surface area contributed by atoms with Gasteiger partial charge in [0.15, 0.2) is 16.7 Å². The lowest BCUT2D eigenvalue weighted by atomic mass is 10.1. The normalized spacial score (nSPS) is 18.7. The summed E-state index contributed by atoms with van der Waals surface area (Å²) in [4.78, 5) is 20.0. The van der Waals surface area contributed by atoms with Crippen LogP contribution >= 0.6 is 11.8 Å². The van der Waals surface area contributed by atoms with Gasteiger partial charge in [0, 0.05) is 6.54 Å². The number of amides is 1. The van der Waals surface area contributed by atoms with Crippen molar-refractivity contribution in [1.29, 1.82) is 0 Å². The number of hydrogen-bond donors (Lipinski definition) is 0. The third-order valence-corrected chi connectivity index (χ3v) is 5.49. The first-order valence-corrected chi connectivity index (χ1v) is 9.79. The molecule has 0 bridgehead atoms. The lowest BCUT2D eigenvalue weighted by Crippen LogP contribution is -2.28. The molecule has 0 aliphatic carbocycles. The number of aryl methyl sites for hydroxylation is 1. The van der Waals surface area contributed by atoms with Crippen LogP contribution in [0.15, 0.2) is 52.4 Å². The lowest BCUT2D eigenvalue weighted by Gasteiger charge is -2.12. The van der Waals surface area contributed by atoms with Crippen LogP contribution in [0.3, 0.4) is 0 Å². The van der Waals surface area contributed by atoms with Crippen molar-refractivity contribution in [2.45, 2.75) is 20.3 Å². The summed E-state index contributed by atoms with van der Waals surface area (Å²) < 4.78 is 10.8. The van der Waals surface area contributed by atoms with E-state index in [1.807, 2.05) is 49.4 Å². The Morgan fingerprint density at radius 1 is 1.15 bits per heavy atom. The monoisotopic (exact) mass is 380 g/mol. The fraction of sp³-hybridized carbons (Fsp3) is 0.238. The predicted octanol–water partition coefficient (Wildman–Crippen LogP) is 4.60. The zero-order valence-electron chi connectivity index (χ0n) is 15.3. The van der Waals surface area contributed by atoms with Gasteiger partial charge in [-0.2, -0.15) is 0 Å². The first-order chi connectivity index (χ1) is 13.2. The average Bonchev–Trinajstić information content (AvgIpc) is 3.26. The number of aliphatic imine (C=N–C) groups is 1. The second-order valence-electron chi connectivity index (χ2n) is 6.15. The summed E-state index contributed by atoms with van der Waals surface area (Å²) in [7, 11) is 0. The van der Waals surface area contributed by atoms with Gasteiger partial charge in [-0.05, 0) is 60.5 Å². The molecule has 5 nitrogen and oxygen atoms in total.